The minimum Gasteiger partial charge on any atom is -0.339 e. The van der Waals surface area contributed by atoms with Crippen molar-refractivity contribution in [1.82, 2.24) is 15.1 Å². The van der Waals surface area contributed by atoms with Crippen LogP contribution >= 0.6 is 22.6 Å². The van der Waals surface area contributed by atoms with Gasteiger partial charge in [-0.3, -0.25) is 9.59 Å². The van der Waals surface area contributed by atoms with E-state index in [0.717, 1.165) is 33.2 Å². The van der Waals surface area contributed by atoms with Crippen LogP contribution in [0, 0.1) is 10.5 Å². The second-order valence-corrected chi connectivity index (χ2v) is 7.11. The number of hydrogen-bond donors (Lipinski definition) is 1. The Balaban J connectivity index is 1.68. The number of H-pyrrole nitrogens is 1. The van der Waals surface area contributed by atoms with Gasteiger partial charge in [0.15, 0.2) is 0 Å². The number of aryl methyl sites for hydroxylation is 1. The summed E-state index contributed by atoms with van der Waals surface area (Å²) in [6.45, 7) is 3.22. The number of nitrogens with one attached hydrogen (secondary N) is 1. The van der Waals surface area contributed by atoms with Gasteiger partial charge in [-0.2, -0.15) is 5.10 Å². The highest BCUT2D eigenvalue weighted by Crippen LogP contribution is 2.26. The van der Waals surface area contributed by atoms with Gasteiger partial charge >= 0.3 is 0 Å². The van der Waals surface area contributed by atoms with Crippen molar-refractivity contribution in [1.29, 1.82) is 0 Å². The maximum atomic E-state index is 12.5. The van der Waals surface area contributed by atoms with Crippen molar-refractivity contribution in [2.75, 3.05) is 13.1 Å². The lowest BCUT2D eigenvalue weighted by molar-refractivity contribution is 0.0712. The number of benzene rings is 1. The van der Waals surface area contributed by atoms with E-state index in [1.165, 1.54) is 0 Å². The molecule has 23 heavy (non-hydrogen) atoms. The van der Waals surface area contributed by atoms with Crippen LogP contribution in [0.3, 0.4) is 0 Å². The average molecular weight is 423 g/mol. The minimum atomic E-state index is -0.113. The molecule has 0 unspecified atom stereocenters. The molecule has 2 heterocycles. The van der Waals surface area contributed by atoms with Crippen LogP contribution in [-0.2, 0) is 0 Å². The lowest BCUT2D eigenvalue weighted by Gasteiger charge is -2.32. The van der Waals surface area contributed by atoms with Crippen molar-refractivity contribution >= 4 is 28.5 Å². The number of aromatic nitrogens is 2. The first-order valence-corrected chi connectivity index (χ1v) is 8.73. The second-order valence-electron chi connectivity index (χ2n) is 5.87. The Kier molecular flexibility index (Phi) is 4.79. The predicted molar refractivity (Wildman–Crippen MR) is 96.6 cm³/mol. The van der Waals surface area contributed by atoms with Crippen LogP contribution in [0.4, 0.5) is 0 Å². The summed E-state index contributed by atoms with van der Waals surface area (Å²) < 4.78 is 1.12. The largest absolute Gasteiger partial charge is 0.339 e. The van der Waals surface area contributed by atoms with Gasteiger partial charge in [0, 0.05) is 27.8 Å². The van der Waals surface area contributed by atoms with E-state index in [4.69, 9.17) is 0 Å². The van der Waals surface area contributed by atoms with Gasteiger partial charge < -0.3 is 4.90 Å². The third-order valence-corrected chi connectivity index (χ3v) is 4.99. The van der Waals surface area contributed by atoms with Gasteiger partial charge in [-0.15, -0.1) is 0 Å². The number of nitrogens with zero attached hydrogens (tertiary/aromatic N) is 2. The van der Waals surface area contributed by atoms with Crippen molar-refractivity contribution in [3.63, 3.8) is 0 Å². The van der Waals surface area contributed by atoms with Crippen molar-refractivity contribution in [2.24, 2.45) is 0 Å². The zero-order valence-corrected chi connectivity index (χ0v) is 15.0. The molecule has 6 heteroatoms. The molecule has 5 nitrogen and oxygen atoms in total. The zero-order valence-electron chi connectivity index (χ0n) is 12.9. The number of aromatic amines is 1. The van der Waals surface area contributed by atoms with E-state index in [-0.39, 0.29) is 17.4 Å². The Hall–Kier alpha value is -1.70. The topological polar surface area (TPSA) is 66.1 Å². The third kappa shape index (κ3) is 3.63. The second kappa shape index (κ2) is 6.82. The van der Waals surface area contributed by atoms with Crippen molar-refractivity contribution < 1.29 is 4.79 Å². The molecule has 0 bridgehead atoms. The normalized spacial score (nSPS) is 15.7. The standard InChI is InChI=1S/C17H18IN3O2/c1-11-10-15(16(22)20-19-11)12-6-8-21(9-7-12)17(23)13-2-4-14(18)5-3-13/h2-5,10,12H,6-9H2,1H3,(H,20,22). The van der Waals surface area contributed by atoms with Gasteiger partial charge in [-0.05, 0) is 78.6 Å². The molecule has 0 atom stereocenters. The molecule has 1 N–H and O–H groups in total. The number of likely N-dealkylation sites (tertiary alicyclic amines) is 1. The van der Waals surface area contributed by atoms with E-state index < -0.39 is 0 Å². The quantitative estimate of drug-likeness (QED) is 0.756. The van der Waals surface area contributed by atoms with E-state index in [2.05, 4.69) is 32.8 Å². The highest BCUT2D eigenvalue weighted by Gasteiger charge is 2.26. The average Bonchev–Trinajstić information content (AvgIpc) is 2.57. The molecule has 0 aliphatic carbocycles. The Bertz CT molecular complexity index is 762. The number of piperidine rings is 1. The summed E-state index contributed by atoms with van der Waals surface area (Å²) in [7, 11) is 0. The van der Waals surface area contributed by atoms with Gasteiger partial charge in [0.25, 0.3) is 11.5 Å². The molecule has 2 aromatic rings. The monoisotopic (exact) mass is 423 g/mol. The summed E-state index contributed by atoms with van der Waals surface area (Å²) in [4.78, 5) is 26.3. The van der Waals surface area contributed by atoms with Gasteiger partial charge in [-0.25, -0.2) is 5.10 Å². The summed E-state index contributed by atoms with van der Waals surface area (Å²) in [6, 6.07) is 9.49. The molecule has 1 aromatic carbocycles. The van der Waals surface area contributed by atoms with Crippen molar-refractivity contribution in [3.8, 4) is 0 Å². The maximum Gasteiger partial charge on any atom is 0.267 e. The lowest BCUT2D eigenvalue weighted by Crippen LogP contribution is -2.38. The maximum absolute atomic E-state index is 12.5. The van der Waals surface area contributed by atoms with Crippen LogP contribution in [0.15, 0.2) is 35.1 Å². The molecule has 1 amide bonds. The Morgan fingerprint density at radius 2 is 1.91 bits per heavy atom. The molecule has 1 aliphatic heterocycles. The van der Waals surface area contributed by atoms with E-state index >= 15 is 0 Å². The molecule has 1 aliphatic rings. The molecule has 120 valence electrons. The molecular weight excluding hydrogens is 405 g/mol. The minimum absolute atomic E-state index is 0.0691. The summed E-state index contributed by atoms with van der Waals surface area (Å²) in [6.07, 6.45) is 1.62. The molecule has 1 aromatic heterocycles. The highest BCUT2D eigenvalue weighted by atomic mass is 127. The van der Waals surface area contributed by atoms with Crippen LogP contribution in [0.2, 0.25) is 0 Å². The van der Waals surface area contributed by atoms with Gasteiger partial charge in [0.1, 0.15) is 0 Å². The fourth-order valence-corrected chi connectivity index (χ4v) is 3.36. The Morgan fingerprint density at radius 1 is 1.26 bits per heavy atom. The van der Waals surface area contributed by atoms with Crippen molar-refractivity contribution in [2.45, 2.75) is 25.7 Å². The number of rotatable bonds is 2. The molecule has 0 saturated carbocycles. The molecule has 1 saturated heterocycles. The SMILES string of the molecule is Cc1cc(C2CCN(C(=O)c3ccc(I)cc3)CC2)c(=O)[nH]n1. The molecule has 0 spiro atoms. The zero-order chi connectivity index (χ0) is 16.4. The highest BCUT2D eigenvalue weighted by molar-refractivity contribution is 14.1. The van der Waals surface area contributed by atoms with E-state index in [1.54, 1.807) is 0 Å². The smallest absolute Gasteiger partial charge is 0.267 e. The fraction of sp³-hybridized carbons (Fsp3) is 0.353. The fourth-order valence-electron chi connectivity index (χ4n) is 3.00. The van der Waals surface area contributed by atoms with Gasteiger partial charge in [-0.1, -0.05) is 0 Å². The Labute approximate surface area is 148 Å². The lowest BCUT2D eigenvalue weighted by atomic mass is 9.90. The number of carbonyl (C=O) groups excluding carboxylic acids is 1. The summed E-state index contributed by atoms with van der Waals surface area (Å²) >= 11 is 2.23. The summed E-state index contributed by atoms with van der Waals surface area (Å²) in [5.74, 6) is 0.265. The van der Waals surface area contributed by atoms with Crippen LogP contribution in [0.5, 0.6) is 0 Å². The first-order chi connectivity index (χ1) is 11.0. The van der Waals surface area contributed by atoms with E-state index in [0.29, 0.717) is 13.1 Å². The van der Waals surface area contributed by atoms with Crippen LogP contribution < -0.4 is 5.56 Å². The van der Waals surface area contributed by atoms with Gasteiger partial charge in [0.05, 0.1) is 5.69 Å². The number of amides is 1. The molecule has 3 rings (SSSR count). The summed E-state index contributed by atoms with van der Waals surface area (Å²) in [5.41, 5.74) is 2.22. The first kappa shape index (κ1) is 16.2. The number of hydrogen-bond acceptors (Lipinski definition) is 3. The van der Waals surface area contributed by atoms with Crippen LogP contribution in [-0.4, -0.2) is 34.1 Å². The van der Waals surface area contributed by atoms with Crippen LogP contribution in [0.1, 0.15) is 40.4 Å². The molecular formula is C17H18IN3O2. The number of halogens is 1. The third-order valence-electron chi connectivity index (χ3n) is 4.27. The number of carbonyl (C=O) groups is 1. The predicted octanol–water partition coefficient (Wildman–Crippen LogP) is 2.70. The van der Waals surface area contributed by atoms with E-state index in [1.807, 2.05) is 42.2 Å². The Morgan fingerprint density at radius 3 is 2.57 bits per heavy atom. The van der Waals surface area contributed by atoms with Crippen LogP contribution in [0.25, 0.3) is 0 Å². The van der Waals surface area contributed by atoms with Gasteiger partial charge in [0.2, 0.25) is 0 Å². The van der Waals surface area contributed by atoms with E-state index in [9.17, 15) is 9.59 Å². The first-order valence-electron chi connectivity index (χ1n) is 7.65. The van der Waals surface area contributed by atoms with Crippen molar-refractivity contribution in [3.05, 3.63) is 61.1 Å². The summed E-state index contributed by atoms with van der Waals surface area (Å²) in [5, 5.41) is 6.47. The molecule has 0 radical (unpaired) electrons. The molecule has 1 fully saturated rings.